The van der Waals surface area contributed by atoms with E-state index in [9.17, 15) is 5.11 Å². The number of rotatable bonds is 2. The fourth-order valence-electron chi connectivity index (χ4n) is 1.41. The summed E-state index contributed by atoms with van der Waals surface area (Å²) < 4.78 is 5.15. The molecule has 0 aliphatic carbocycles. The van der Waals surface area contributed by atoms with E-state index in [1.165, 1.54) is 0 Å². The van der Waals surface area contributed by atoms with Crippen molar-refractivity contribution in [2.75, 3.05) is 11.5 Å². The summed E-state index contributed by atoms with van der Waals surface area (Å²) in [7, 11) is 0. The highest BCUT2D eigenvalue weighted by Gasteiger charge is 2.32. The molecule has 2 unspecified atom stereocenters. The van der Waals surface area contributed by atoms with E-state index in [0.717, 1.165) is 17.3 Å². The molecule has 78 valence electrons. The van der Waals surface area contributed by atoms with Crippen LogP contribution in [0.4, 0.5) is 0 Å². The van der Waals surface area contributed by atoms with Crippen LogP contribution < -0.4 is 0 Å². The summed E-state index contributed by atoms with van der Waals surface area (Å²) in [6, 6.07) is 0. The van der Waals surface area contributed by atoms with Gasteiger partial charge in [-0.25, -0.2) is 0 Å². The minimum absolute atomic E-state index is 0.0278. The molecule has 2 atom stereocenters. The van der Waals surface area contributed by atoms with Gasteiger partial charge >= 0.3 is 0 Å². The lowest BCUT2D eigenvalue weighted by Gasteiger charge is -2.06. The Kier molecular flexibility index (Phi) is 2.78. The molecule has 2 heterocycles. The molecule has 0 aromatic carbocycles. The van der Waals surface area contributed by atoms with E-state index in [1.54, 1.807) is 11.8 Å². The van der Waals surface area contributed by atoms with Crippen molar-refractivity contribution in [2.24, 2.45) is 0 Å². The van der Waals surface area contributed by atoms with Crippen LogP contribution in [0.5, 0.6) is 0 Å². The Bertz CT molecular complexity index is 314. The fourth-order valence-corrected chi connectivity index (χ4v) is 2.64. The van der Waals surface area contributed by atoms with E-state index in [1.807, 2.05) is 13.8 Å². The molecule has 1 saturated heterocycles. The van der Waals surface area contributed by atoms with Gasteiger partial charge in [-0.15, -0.1) is 0 Å². The van der Waals surface area contributed by atoms with E-state index in [0.29, 0.717) is 5.89 Å². The van der Waals surface area contributed by atoms with Crippen molar-refractivity contribution in [1.82, 2.24) is 10.1 Å². The van der Waals surface area contributed by atoms with E-state index in [2.05, 4.69) is 10.1 Å². The SMILES string of the molecule is CC(C)c1noc(C2CSCC2O)n1. The van der Waals surface area contributed by atoms with Gasteiger partial charge in [-0.05, 0) is 0 Å². The van der Waals surface area contributed by atoms with Crippen molar-refractivity contribution in [2.45, 2.75) is 31.8 Å². The van der Waals surface area contributed by atoms with E-state index < -0.39 is 0 Å². The Morgan fingerprint density at radius 3 is 2.79 bits per heavy atom. The molecule has 5 heteroatoms. The highest BCUT2D eigenvalue weighted by molar-refractivity contribution is 7.99. The standard InChI is InChI=1S/C9H14N2O2S/c1-5(2)8-10-9(13-11-8)6-3-14-4-7(6)12/h5-7,12H,3-4H2,1-2H3. The predicted octanol–water partition coefficient (Wildman–Crippen LogP) is 1.38. The molecule has 2 rings (SSSR count). The zero-order valence-corrected chi connectivity index (χ0v) is 9.12. The molecule has 1 aromatic rings. The van der Waals surface area contributed by atoms with Gasteiger partial charge in [0, 0.05) is 17.4 Å². The Hall–Kier alpha value is -0.550. The second-order valence-corrected chi connectivity index (χ2v) is 4.93. The Labute approximate surface area is 87.1 Å². The molecule has 1 N–H and O–H groups in total. The maximum atomic E-state index is 9.64. The molecule has 14 heavy (non-hydrogen) atoms. The molecule has 0 saturated carbocycles. The molecule has 0 radical (unpaired) electrons. The summed E-state index contributed by atoms with van der Waals surface area (Å²) in [4.78, 5) is 4.29. The highest BCUT2D eigenvalue weighted by atomic mass is 32.2. The number of hydrogen-bond acceptors (Lipinski definition) is 5. The predicted molar refractivity (Wildman–Crippen MR) is 54.5 cm³/mol. The molecular weight excluding hydrogens is 200 g/mol. The van der Waals surface area contributed by atoms with Gasteiger partial charge in [0.2, 0.25) is 5.89 Å². The number of nitrogens with zero attached hydrogens (tertiary/aromatic N) is 2. The maximum absolute atomic E-state index is 9.64. The first-order chi connectivity index (χ1) is 6.68. The summed E-state index contributed by atoms with van der Waals surface area (Å²) in [5.74, 6) is 3.26. The number of thioether (sulfide) groups is 1. The van der Waals surface area contributed by atoms with Crippen LogP contribution in [0.3, 0.4) is 0 Å². The van der Waals surface area contributed by atoms with Crippen LogP contribution in [-0.2, 0) is 0 Å². The van der Waals surface area contributed by atoms with Crippen molar-refractivity contribution in [1.29, 1.82) is 0 Å². The summed E-state index contributed by atoms with van der Waals surface area (Å²) in [5.41, 5.74) is 0. The van der Waals surface area contributed by atoms with Crippen LogP contribution in [0.2, 0.25) is 0 Å². The van der Waals surface area contributed by atoms with Crippen molar-refractivity contribution in [3.8, 4) is 0 Å². The first kappa shape index (κ1) is 9.98. The van der Waals surface area contributed by atoms with Crippen LogP contribution in [0, 0.1) is 0 Å². The zero-order valence-electron chi connectivity index (χ0n) is 8.30. The number of aliphatic hydroxyl groups excluding tert-OH is 1. The van der Waals surface area contributed by atoms with Crippen LogP contribution >= 0.6 is 11.8 Å². The largest absolute Gasteiger partial charge is 0.391 e. The molecule has 1 aliphatic heterocycles. The molecule has 0 amide bonds. The first-order valence-electron chi connectivity index (χ1n) is 4.77. The minimum atomic E-state index is -0.333. The topological polar surface area (TPSA) is 59.2 Å². The van der Waals surface area contributed by atoms with Gasteiger partial charge in [0.05, 0.1) is 12.0 Å². The maximum Gasteiger partial charge on any atom is 0.233 e. The second-order valence-electron chi connectivity index (χ2n) is 3.86. The third-order valence-corrected chi connectivity index (χ3v) is 3.51. The van der Waals surface area contributed by atoms with E-state index in [4.69, 9.17) is 4.52 Å². The van der Waals surface area contributed by atoms with Gasteiger partial charge < -0.3 is 9.63 Å². The Morgan fingerprint density at radius 2 is 2.29 bits per heavy atom. The van der Waals surface area contributed by atoms with Crippen molar-refractivity contribution >= 4 is 11.8 Å². The number of aromatic nitrogens is 2. The van der Waals surface area contributed by atoms with Crippen molar-refractivity contribution in [3.63, 3.8) is 0 Å². The van der Waals surface area contributed by atoms with E-state index >= 15 is 0 Å². The first-order valence-corrected chi connectivity index (χ1v) is 5.93. The molecule has 4 nitrogen and oxygen atoms in total. The van der Waals surface area contributed by atoms with Crippen LogP contribution in [0.15, 0.2) is 4.52 Å². The number of hydrogen-bond donors (Lipinski definition) is 1. The lowest BCUT2D eigenvalue weighted by molar-refractivity contribution is 0.164. The van der Waals surface area contributed by atoms with Gasteiger partial charge in [-0.2, -0.15) is 16.7 Å². The average Bonchev–Trinajstić information content (AvgIpc) is 2.71. The van der Waals surface area contributed by atoms with Gasteiger partial charge in [-0.3, -0.25) is 0 Å². The van der Waals surface area contributed by atoms with Crippen LogP contribution in [-0.4, -0.2) is 32.9 Å². The van der Waals surface area contributed by atoms with Gasteiger partial charge in [0.1, 0.15) is 0 Å². The normalized spacial score (nSPS) is 27.4. The molecule has 1 aliphatic rings. The molecule has 1 aromatic heterocycles. The van der Waals surface area contributed by atoms with Gasteiger partial charge in [0.15, 0.2) is 5.82 Å². The third-order valence-electron chi connectivity index (χ3n) is 2.34. The smallest absolute Gasteiger partial charge is 0.233 e. The average molecular weight is 214 g/mol. The monoisotopic (exact) mass is 214 g/mol. The minimum Gasteiger partial charge on any atom is -0.391 e. The Morgan fingerprint density at radius 1 is 1.50 bits per heavy atom. The third kappa shape index (κ3) is 1.79. The molecule has 0 spiro atoms. The lowest BCUT2D eigenvalue weighted by Crippen LogP contribution is -2.15. The summed E-state index contributed by atoms with van der Waals surface area (Å²) in [6.07, 6.45) is -0.333. The van der Waals surface area contributed by atoms with Crippen LogP contribution in [0.1, 0.15) is 37.4 Å². The van der Waals surface area contributed by atoms with E-state index in [-0.39, 0.29) is 17.9 Å². The summed E-state index contributed by atoms with van der Waals surface area (Å²) in [5, 5.41) is 13.5. The molecule has 1 fully saturated rings. The molecular formula is C9H14N2O2S. The summed E-state index contributed by atoms with van der Waals surface area (Å²) in [6.45, 7) is 4.04. The second kappa shape index (κ2) is 3.90. The molecule has 0 bridgehead atoms. The van der Waals surface area contributed by atoms with Crippen LogP contribution in [0.25, 0.3) is 0 Å². The van der Waals surface area contributed by atoms with Gasteiger partial charge in [0.25, 0.3) is 0 Å². The lowest BCUT2D eigenvalue weighted by atomic mass is 10.1. The summed E-state index contributed by atoms with van der Waals surface area (Å²) >= 11 is 1.72. The zero-order chi connectivity index (χ0) is 10.1. The van der Waals surface area contributed by atoms with Crippen molar-refractivity contribution in [3.05, 3.63) is 11.7 Å². The number of aliphatic hydroxyl groups is 1. The van der Waals surface area contributed by atoms with Crippen molar-refractivity contribution < 1.29 is 9.63 Å². The highest BCUT2D eigenvalue weighted by Crippen LogP contribution is 2.32. The Balaban J connectivity index is 2.16. The fraction of sp³-hybridized carbons (Fsp3) is 0.778. The quantitative estimate of drug-likeness (QED) is 0.806. The van der Waals surface area contributed by atoms with Gasteiger partial charge in [-0.1, -0.05) is 19.0 Å².